The third kappa shape index (κ3) is 1.62. The lowest BCUT2D eigenvalue weighted by Gasteiger charge is -2.28. The molecule has 0 saturated heterocycles. The first kappa shape index (κ1) is 11.2. The van der Waals surface area contributed by atoms with Crippen LogP contribution in [0.25, 0.3) is 0 Å². The van der Waals surface area contributed by atoms with Crippen molar-refractivity contribution in [3.63, 3.8) is 0 Å². The molecule has 2 heteroatoms. The Kier molecular flexibility index (Phi) is 2.98. The van der Waals surface area contributed by atoms with Gasteiger partial charge in [0.25, 0.3) is 0 Å². The molecule has 1 aliphatic carbocycles. The molecule has 2 atom stereocenters. The fourth-order valence-corrected chi connectivity index (χ4v) is 2.68. The zero-order valence-electron chi connectivity index (χ0n) is 9.61. The first-order chi connectivity index (χ1) is 7.72. The second kappa shape index (κ2) is 4.27. The van der Waals surface area contributed by atoms with Crippen LogP contribution < -0.4 is 0 Å². The summed E-state index contributed by atoms with van der Waals surface area (Å²) < 4.78 is 0. The molecule has 84 valence electrons. The van der Waals surface area contributed by atoms with Gasteiger partial charge in [0.2, 0.25) is 0 Å². The lowest BCUT2D eigenvalue weighted by atomic mass is 9.81. The van der Waals surface area contributed by atoms with Crippen LogP contribution in [0.1, 0.15) is 37.3 Å². The second-order valence-corrected chi connectivity index (χ2v) is 4.55. The highest BCUT2D eigenvalue weighted by Crippen LogP contribution is 2.43. The molecule has 1 aromatic carbocycles. The van der Waals surface area contributed by atoms with Gasteiger partial charge in [-0.1, -0.05) is 37.6 Å². The summed E-state index contributed by atoms with van der Waals surface area (Å²) in [6.07, 6.45) is 3.27. The maximum absolute atomic E-state index is 10.7. The zero-order chi connectivity index (χ0) is 11.6. The van der Waals surface area contributed by atoms with Crippen molar-refractivity contribution in [2.75, 3.05) is 0 Å². The van der Waals surface area contributed by atoms with Crippen molar-refractivity contribution in [3.8, 4) is 6.07 Å². The predicted octanol–water partition coefficient (Wildman–Crippen LogP) is 2.76. The summed E-state index contributed by atoms with van der Waals surface area (Å²) in [4.78, 5) is 0. The van der Waals surface area contributed by atoms with E-state index in [1.165, 1.54) is 5.56 Å². The summed E-state index contributed by atoms with van der Waals surface area (Å²) in [5, 5.41) is 19.9. The van der Waals surface area contributed by atoms with E-state index in [0.717, 1.165) is 24.8 Å². The third-order valence-corrected chi connectivity index (χ3v) is 3.57. The van der Waals surface area contributed by atoms with Gasteiger partial charge in [-0.3, -0.25) is 0 Å². The van der Waals surface area contributed by atoms with Crippen molar-refractivity contribution in [1.29, 1.82) is 5.26 Å². The van der Waals surface area contributed by atoms with Gasteiger partial charge >= 0.3 is 0 Å². The van der Waals surface area contributed by atoms with Crippen molar-refractivity contribution in [3.05, 3.63) is 35.4 Å². The van der Waals surface area contributed by atoms with Crippen LogP contribution in [0.5, 0.6) is 0 Å². The van der Waals surface area contributed by atoms with Crippen LogP contribution in [0.4, 0.5) is 0 Å². The van der Waals surface area contributed by atoms with Gasteiger partial charge in [-0.25, -0.2) is 0 Å². The van der Waals surface area contributed by atoms with Crippen molar-refractivity contribution < 1.29 is 5.11 Å². The van der Waals surface area contributed by atoms with E-state index < -0.39 is 5.60 Å². The summed E-state index contributed by atoms with van der Waals surface area (Å²) in [5.74, 6) is -0.277. The van der Waals surface area contributed by atoms with Crippen molar-refractivity contribution >= 4 is 0 Å². The molecule has 0 saturated carbocycles. The summed E-state index contributed by atoms with van der Waals surface area (Å²) in [6, 6.07) is 10.2. The van der Waals surface area contributed by atoms with Gasteiger partial charge < -0.3 is 5.11 Å². The quantitative estimate of drug-likeness (QED) is 0.842. The smallest absolute Gasteiger partial charge is 0.106 e. The Morgan fingerprint density at radius 3 is 2.94 bits per heavy atom. The number of fused-ring (bicyclic) bond motifs is 1. The van der Waals surface area contributed by atoms with Gasteiger partial charge in [0.1, 0.15) is 5.60 Å². The maximum Gasteiger partial charge on any atom is 0.106 e. The number of hydrogen-bond acceptors (Lipinski definition) is 2. The predicted molar refractivity (Wildman–Crippen MR) is 62.7 cm³/mol. The van der Waals surface area contributed by atoms with Gasteiger partial charge in [-0.05, 0) is 30.4 Å². The van der Waals surface area contributed by atoms with Crippen molar-refractivity contribution in [1.82, 2.24) is 0 Å². The lowest BCUT2D eigenvalue weighted by molar-refractivity contribution is -0.00416. The van der Waals surface area contributed by atoms with Crippen LogP contribution in [0.2, 0.25) is 0 Å². The number of aryl methyl sites for hydroxylation is 1. The summed E-state index contributed by atoms with van der Waals surface area (Å²) >= 11 is 0. The van der Waals surface area contributed by atoms with Gasteiger partial charge in [0, 0.05) is 0 Å². The van der Waals surface area contributed by atoms with Crippen molar-refractivity contribution in [2.24, 2.45) is 5.92 Å². The molecule has 0 spiro atoms. The highest BCUT2D eigenvalue weighted by molar-refractivity contribution is 5.38. The highest BCUT2D eigenvalue weighted by Gasteiger charge is 2.42. The van der Waals surface area contributed by atoms with E-state index in [1.54, 1.807) is 0 Å². The maximum atomic E-state index is 10.7. The third-order valence-electron chi connectivity index (χ3n) is 3.57. The van der Waals surface area contributed by atoms with E-state index in [2.05, 4.69) is 13.0 Å². The number of nitriles is 1. The summed E-state index contributed by atoms with van der Waals surface area (Å²) in [5.41, 5.74) is 1.25. The standard InChI is InChI=1S/C14H17NO/c1-2-5-12(10-15)14(16)9-8-11-6-3-4-7-13(11)14/h3-4,6-7,12,16H,2,5,8-9H2,1H3. The largest absolute Gasteiger partial charge is 0.384 e. The average molecular weight is 215 g/mol. The van der Waals surface area contributed by atoms with Gasteiger partial charge in [-0.2, -0.15) is 5.26 Å². The molecule has 16 heavy (non-hydrogen) atoms. The first-order valence-corrected chi connectivity index (χ1v) is 5.92. The van der Waals surface area contributed by atoms with Crippen LogP contribution in [-0.2, 0) is 12.0 Å². The second-order valence-electron chi connectivity index (χ2n) is 4.55. The first-order valence-electron chi connectivity index (χ1n) is 5.92. The molecule has 0 radical (unpaired) electrons. The number of nitrogens with zero attached hydrogens (tertiary/aromatic N) is 1. The minimum atomic E-state index is -0.915. The lowest BCUT2D eigenvalue weighted by Crippen LogP contribution is -2.31. The Balaban J connectivity index is 2.38. The zero-order valence-corrected chi connectivity index (χ0v) is 9.61. The minimum Gasteiger partial charge on any atom is -0.384 e. The van der Waals surface area contributed by atoms with Crippen LogP contribution >= 0.6 is 0 Å². The van der Waals surface area contributed by atoms with Crippen LogP contribution in [0, 0.1) is 17.2 Å². The van der Waals surface area contributed by atoms with Gasteiger partial charge in [-0.15, -0.1) is 0 Å². The van der Waals surface area contributed by atoms with E-state index in [-0.39, 0.29) is 5.92 Å². The van der Waals surface area contributed by atoms with E-state index in [0.29, 0.717) is 6.42 Å². The molecule has 0 heterocycles. The monoisotopic (exact) mass is 215 g/mol. The van der Waals surface area contributed by atoms with E-state index >= 15 is 0 Å². The SMILES string of the molecule is CCCC(C#N)C1(O)CCc2ccccc21. The Morgan fingerprint density at radius 2 is 2.25 bits per heavy atom. The fourth-order valence-electron chi connectivity index (χ4n) is 2.68. The van der Waals surface area contributed by atoms with Crippen molar-refractivity contribution in [2.45, 2.75) is 38.2 Å². The molecule has 2 nitrogen and oxygen atoms in total. The Bertz CT molecular complexity index is 421. The minimum absolute atomic E-state index is 0.277. The highest BCUT2D eigenvalue weighted by atomic mass is 16.3. The average Bonchev–Trinajstić information content (AvgIpc) is 2.66. The Hall–Kier alpha value is -1.33. The Morgan fingerprint density at radius 1 is 1.50 bits per heavy atom. The molecule has 1 aromatic rings. The molecule has 2 unspecified atom stereocenters. The number of benzene rings is 1. The van der Waals surface area contributed by atoms with Crippen LogP contribution in [0.15, 0.2) is 24.3 Å². The normalized spacial score (nSPS) is 24.8. The van der Waals surface area contributed by atoms with E-state index in [4.69, 9.17) is 0 Å². The number of rotatable bonds is 3. The molecule has 0 fully saturated rings. The molecule has 0 aliphatic heterocycles. The van der Waals surface area contributed by atoms with Crippen LogP contribution in [-0.4, -0.2) is 5.11 Å². The number of hydrogen-bond donors (Lipinski definition) is 1. The molecular formula is C14H17NO. The molecule has 0 aromatic heterocycles. The fraction of sp³-hybridized carbons (Fsp3) is 0.500. The van der Waals surface area contributed by atoms with E-state index in [1.807, 2.05) is 24.3 Å². The molecule has 0 bridgehead atoms. The molecule has 2 rings (SSSR count). The number of aliphatic hydroxyl groups is 1. The summed E-state index contributed by atoms with van der Waals surface area (Å²) in [7, 11) is 0. The molecule has 1 N–H and O–H groups in total. The van der Waals surface area contributed by atoms with E-state index in [9.17, 15) is 10.4 Å². The van der Waals surface area contributed by atoms with Gasteiger partial charge in [0.05, 0.1) is 12.0 Å². The molecular weight excluding hydrogens is 198 g/mol. The van der Waals surface area contributed by atoms with Crippen LogP contribution in [0.3, 0.4) is 0 Å². The molecule has 1 aliphatic rings. The summed E-state index contributed by atoms with van der Waals surface area (Å²) in [6.45, 7) is 2.05. The Labute approximate surface area is 96.5 Å². The topological polar surface area (TPSA) is 44.0 Å². The van der Waals surface area contributed by atoms with Gasteiger partial charge in [0.15, 0.2) is 0 Å². The molecule has 0 amide bonds.